The van der Waals surface area contributed by atoms with Crippen molar-refractivity contribution in [1.82, 2.24) is 14.9 Å². The first-order chi connectivity index (χ1) is 11.6. The smallest absolute Gasteiger partial charge is 0.358 e. The molecule has 0 radical (unpaired) electrons. The number of fused-ring (bicyclic) bond motifs is 3. The number of methoxy groups -OCH3 is 1. The Hall–Kier alpha value is -1.73. The van der Waals surface area contributed by atoms with Gasteiger partial charge in [0, 0.05) is 32.1 Å². The van der Waals surface area contributed by atoms with Crippen molar-refractivity contribution in [2.45, 2.75) is 19.9 Å². The van der Waals surface area contributed by atoms with Gasteiger partial charge in [-0.05, 0) is 5.92 Å². The van der Waals surface area contributed by atoms with E-state index in [0.717, 1.165) is 45.2 Å². The highest BCUT2D eigenvalue weighted by molar-refractivity contribution is 5.86. The Bertz CT molecular complexity index is 563. The minimum Gasteiger partial charge on any atom is -0.464 e. The molecule has 7 nitrogen and oxygen atoms in total. The highest BCUT2D eigenvalue weighted by atomic mass is 16.5. The van der Waals surface area contributed by atoms with Gasteiger partial charge in [0.25, 0.3) is 0 Å². The predicted molar refractivity (Wildman–Crippen MR) is 90.1 cm³/mol. The van der Waals surface area contributed by atoms with Crippen molar-refractivity contribution in [2.75, 3.05) is 51.4 Å². The number of ether oxygens (including phenoxy) is 2. The van der Waals surface area contributed by atoms with Crippen LogP contribution in [0.4, 0.5) is 5.82 Å². The molecule has 0 aliphatic carbocycles. The molecule has 7 heteroatoms. The summed E-state index contributed by atoms with van der Waals surface area (Å²) < 4.78 is 10.5. The molecule has 3 rings (SSSR count). The fourth-order valence-electron chi connectivity index (χ4n) is 3.50. The molecule has 3 heterocycles. The van der Waals surface area contributed by atoms with Gasteiger partial charge in [-0.3, -0.25) is 4.90 Å². The zero-order chi connectivity index (χ0) is 17.1. The molecule has 2 saturated heterocycles. The van der Waals surface area contributed by atoms with Crippen molar-refractivity contribution in [2.24, 2.45) is 11.8 Å². The third-order valence-corrected chi connectivity index (χ3v) is 4.54. The van der Waals surface area contributed by atoms with Crippen LogP contribution in [0.5, 0.6) is 0 Å². The molecule has 132 valence electrons. The third-order valence-electron chi connectivity index (χ3n) is 4.54. The maximum atomic E-state index is 11.5. The third kappa shape index (κ3) is 3.84. The van der Waals surface area contributed by atoms with E-state index in [2.05, 4.69) is 38.4 Å². The zero-order valence-corrected chi connectivity index (χ0v) is 14.6. The second-order valence-electron chi connectivity index (χ2n) is 7.06. The van der Waals surface area contributed by atoms with E-state index < -0.39 is 5.97 Å². The van der Waals surface area contributed by atoms with E-state index in [-0.39, 0.29) is 5.69 Å². The van der Waals surface area contributed by atoms with Gasteiger partial charge in [-0.15, -0.1) is 0 Å². The highest BCUT2D eigenvalue weighted by Crippen LogP contribution is 2.23. The fourth-order valence-corrected chi connectivity index (χ4v) is 3.50. The highest BCUT2D eigenvalue weighted by Gasteiger charge is 2.34. The van der Waals surface area contributed by atoms with E-state index in [1.165, 1.54) is 13.3 Å². The molecule has 0 saturated carbocycles. The summed E-state index contributed by atoms with van der Waals surface area (Å²) in [7, 11) is 1.34. The van der Waals surface area contributed by atoms with Crippen LogP contribution in [-0.4, -0.2) is 73.4 Å². The van der Waals surface area contributed by atoms with E-state index in [1.54, 1.807) is 6.20 Å². The number of carbonyl (C=O) groups excluding carboxylic acids is 1. The summed E-state index contributed by atoms with van der Waals surface area (Å²) in [6.45, 7) is 9.97. The maximum Gasteiger partial charge on any atom is 0.358 e. The topological polar surface area (TPSA) is 67.8 Å². The van der Waals surface area contributed by atoms with Crippen LogP contribution in [0.2, 0.25) is 0 Å². The number of hydrogen-bond donors (Lipinski definition) is 0. The SMILES string of the molecule is COC(=O)c1cnc(N2C[C@@H]3COC[C@H](C2)N(CC(C)C)C3)cn1. The molecule has 0 aromatic carbocycles. The molecule has 2 bridgehead atoms. The van der Waals surface area contributed by atoms with Gasteiger partial charge in [-0.25, -0.2) is 14.8 Å². The van der Waals surface area contributed by atoms with Gasteiger partial charge in [0.15, 0.2) is 5.69 Å². The molecule has 0 amide bonds. The van der Waals surface area contributed by atoms with E-state index in [1.807, 2.05) is 0 Å². The maximum absolute atomic E-state index is 11.5. The average Bonchev–Trinajstić information content (AvgIpc) is 2.83. The molecule has 2 atom stereocenters. The van der Waals surface area contributed by atoms with Crippen LogP contribution in [-0.2, 0) is 9.47 Å². The first kappa shape index (κ1) is 17.1. The Morgan fingerprint density at radius 1 is 1.29 bits per heavy atom. The standard InChI is InChI=1S/C17H26N4O3/c1-12(2)6-20-7-13-8-21(9-14(20)11-24-10-13)16-5-18-15(4-19-16)17(22)23-3/h4-5,12-14H,6-11H2,1-3H3/t13-,14+/m1/s1. The van der Waals surface area contributed by atoms with Gasteiger partial charge in [-0.1, -0.05) is 13.8 Å². The summed E-state index contributed by atoms with van der Waals surface area (Å²) in [5, 5.41) is 0. The van der Waals surface area contributed by atoms with Gasteiger partial charge in [0.05, 0.1) is 38.8 Å². The van der Waals surface area contributed by atoms with Crippen LogP contribution in [0.25, 0.3) is 0 Å². The van der Waals surface area contributed by atoms with Gasteiger partial charge in [0.2, 0.25) is 0 Å². The van der Waals surface area contributed by atoms with E-state index in [9.17, 15) is 4.79 Å². The number of hydrogen-bond acceptors (Lipinski definition) is 7. The van der Waals surface area contributed by atoms with Crippen LogP contribution in [0.3, 0.4) is 0 Å². The minimum absolute atomic E-state index is 0.237. The number of esters is 1. The molecule has 24 heavy (non-hydrogen) atoms. The van der Waals surface area contributed by atoms with Crippen molar-refractivity contribution in [3.63, 3.8) is 0 Å². The van der Waals surface area contributed by atoms with Gasteiger partial charge < -0.3 is 14.4 Å². The first-order valence-electron chi connectivity index (χ1n) is 8.54. The second-order valence-corrected chi connectivity index (χ2v) is 7.06. The summed E-state index contributed by atoms with van der Waals surface area (Å²) in [4.78, 5) is 24.9. The number of carbonyl (C=O) groups is 1. The summed E-state index contributed by atoms with van der Waals surface area (Å²) in [5.41, 5.74) is 0.237. The zero-order valence-electron chi connectivity index (χ0n) is 14.6. The normalized spacial score (nSPS) is 24.8. The molecular weight excluding hydrogens is 308 g/mol. The van der Waals surface area contributed by atoms with E-state index in [4.69, 9.17) is 4.74 Å². The Balaban J connectivity index is 1.76. The lowest BCUT2D eigenvalue weighted by molar-refractivity contribution is 0.0593. The first-order valence-corrected chi connectivity index (χ1v) is 8.54. The number of rotatable bonds is 4. The van der Waals surface area contributed by atoms with Gasteiger partial charge in [0.1, 0.15) is 5.82 Å². The van der Waals surface area contributed by atoms with Crippen molar-refractivity contribution < 1.29 is 14.3 Å². The van der Waals surface area contributed by atoms with Gasteiger partial charge >= 0.3 is 5.97 Å². The molecule has 1 aromatic heterocycles. The van der Waals surface area contributed by atoms with Crippen molar-refractivity contribution in [1.29, 1.82) is 0 Å². The lowest BCUT2D eigenvalue weighted by Gasteiger charge is -2.32. The average molecular weight is 334 g/mol. The Morgan fingerprint density at radius 2 is 2.12 bits per heavy atom. The van der Waals surface area contributed by atoms with Crippen LogP contribution in [0, 0.1) is 11.8 Å². The number of anilines is 1. The number of nitrogens with zero attached hydrogens (tertiary/aromatic N) is 4. The molecule has 2 aliphatic rings. The molecule has 0 N–H and O–H groups in total. The van der Waals surface area contributed by atoms with Crippen molar-refractivity contribution in [3.8, 4) is 0 Å². The molecule has 0 spiro atoms. The lowest BCUT2D eigenvalue weighted by atomic mass is 10.1. The molecule has 0 unspecified atom stereocenters. The lowest BCUT2D eigenvalue weighted by Crippen LogP contribution is -2.45. The molecular formula is C17H26N4O3. The summed E-state index contributed by atoms with van der Waals surface area (Å²) >= 11 is 0. The monoisotopic (exact) mass is 334 g/mol. The fraction of sp³-hybridized carbons (Fsp3) is 0.706. The minimum atomic E-state index is -0.460. The largest absolute Gasteiger partial charge is 0.464 e. The molecule has 2 aliphatic heterocycles. The number of aromatic nitrogens is 2. The Kier molecular flexibility index (Phi) is 5.30. The summed E-state index contributed by atoms with van der Waals surface area (Å²) in [6, 6.07) is 0.363. The van der Waals surface area contributed by atoms with Crippen molar-refractivity contribution in [3.05, 3.63) is 18.1 Å². The Morgan fingerprint density at radius 3 is 2.79 bits per heavy atom. The van der Waals surface area contributed by atoms with Crippen LogP contribution in [0.15, 0.2) is 12.4 Å². The van der Waals surface area contributed by atoms with Crippen LogP contribution in [0.1, 0.15) is 24.3 Å². The quantitative estimate of drug-likeness (QED) is 0.763. The van der Waals surface area contributed by atoms with Crippen LogP contribution >= 0.6 is 0 Å². The van der Waals surface area contributed by atoms with E-state index in [0.29, 0.717) is 17.9 Å². The molecule has 1 aromatic rings. The van der Waals surface area contributed by atoms with Crippen molar-refractivity contribution >= 4 is 11.8 Å². The van der Waals surface area contributed by atoms with Crippen LogP contribution < -0.4 is 4.90 Å². The van der Waals surface area contributed by atoms with E-state index >= 15 is 0 Å². The molecule has 2 fully saturated rings. The summed E-state index contributed by atoms with van der Waals surface area (Å²) in [6.07, 6.45) is 3.16. The van der Waals surface area contributed by atoms with Gasteiger partial charge in [-0.2, -0.15) is 0 Å². The summed E-state index contributed by atoms with van der Waals surface area (Å²) in [5.74, 6) is 1.44. The predicted octanol–water partition coefficient (Wildman–Crippen LogP) is 1.06. The Labute approximate surface area is 143 Å². The second kappa shape index (κ2) is 7.44.